The lowest BCUT2D eigenvalue weighted by atomic mass is 10.3. The lowest BCUT2D eigenvalue weighted by Gasteiger charge is -2.03. The van der Waals surface area contributed by atoms with Gasteiger partial charge in [-0.3, -0.25) is 4.79 Å². The molecule has 1 amide bonds. The fraction of sp³-hybridized carbons (Fsp3) is 0.222. The molecule has 0 spiro atoms. The maximum absolute atomic E-state index is 12.9. The van der Waals surface area contributed by atoms with Crippen LogP contribution in [0.1, 0.15) is 0 Å². The summed E-state index contributed by atoms with van der Waals surface area (Å²) in [7, 11) is 0. The smallest absolute Gasteiger partial charge is 0.258 e. The summed E-state index contributed by atoms with van der Waals surface area (Å²) in [6.45, 7) is 0.778. The van der Waals surface area contributed by atoms with Gasteiger partial charge in [0.25, 0.3) is 5.91 Å². The molecule has 0 fully saturated rings. The molecule has 0 saturated carbocycles. The number of amides is 1. The molecule has 0 aliphatic carbocycles. The highest BCUT2D eigenvalue weighted by Gasteiger charge is 2.09. The van der Waals surface area contributed by atoms with Gasteiger partial charge in [-0.05, 0) is 48.7 Å². The van der Waals surface area contributed by atoms with E-state index >= 15 is 0 Å². The van der Waals surface area contributed by atoms with Crippen LogP contribution in [0.4, 0.5) is 4.39 Å². The Kier molecular flexibility index (Phi) is 6.80. The number of aryl methyl sites for hydroxylation is 1. The number of hydrogen-bond donors (Lipinski definition) is 0. The van der Waals surface area contributed by atoms with Crippen LogP contribution in [0.3, 0.4) is 0 Å². The van der Waals surface area contributed by atoms with Crippen LogP contribution in [0.2, 0.25) is 5.02 Å². The molecular weight excluding hydrogens is 411 g/mol. The predicted octanol–water partition coefficient (Wildman–Crippen LogP) is 5.08. The molecule has 0 aliphatic heterocycles. The Morgan fingerprint density at radius 2 is 2.04 bits per heavy atom. The highest BCUT2D eigenvalue weighted by Crippen LogP contribution is 2.22. The van der Waals surface area contributed by atoms with E-state index in [9.17, 15) is 9.18 Å². The van der Waals surface area contributed by atoms with Crippen LogP contribution in [0.15, 0.2) is 52.4 Å². The van der Waals surface area contributed by atoms with Crippen molar-refractivity contribution in [1.29, 1.82) is 0 Å². The molecule has 0 aliphatic rings. The highest BCUT2D eigenvalue weighted by atomic mass is 35.5. The molecular formula is C18H16ClFN2OS3. The van der Waals surface area contributed by atoms with E-state index in [2.05, 4.69) is 9.56 Å². The van der Waals surface area contributed by atoms with Crippen molar-refractivity contribution < 1.29 is 9.18 Å². The van der Waals surface area contributed by atoms with Crippen LogP contribution in [0.5, 0.6) is 0 Å². The molecule has 0 atom stereocenters. The Bertz CT molecular complexity index is 982. The number of carbonyl (C=O) groups is 1. The number of carbonyl (C=O) groups excluding carboxylic acids is 1. The van der Waals surface area contributed by atoms with Crippen molar-refractivity contribution in [2.24, 2.45) is 4.99 Å². The number of benzene rings is 2. The Hall–Kier alpha value is -1.28. The van der Waals surface area contributed by atoms with Gasteiger partial charge in [0.1, 0.15) is 5.82 Å². The summed E-state index contributed by atoms with van der Waals surface area (Å²) in [5.74, 6) is 0.641. The molecule has 3 nitrogen and oxygen atoms in total. The van der Waals surface area contributed by atoms with E-state index in [-0.39, 0.29) is 17.5 Å². The van der Waals surface area contributed by atoms with Gasteiger partial charge >= 0.3 is 0 Å². The summed E-state index contributed by atoms with van der Waals surface area (Å²) in [6, 6.07) is 11.8. The van der Waals surface area contributed by atoms with E-state index in [1.54, 1.807) is 23.9 Å². The van der Waals surface area contributed by atoms with Gasteiger partial charge in [-0.25, -0.2) is 4.39 Å². The molecule has 2 aromatic carbocycles. The van der Waals surface area contributed by atoms with Crippen molar-refractivity contribution in [3.63, 3.8) is 0 Å². The van der Waals surface area contributed by atoms with E-state index in [0.717, 1.165) is 27.4 Å². The zero-order valence-electron chi connectivity index (χ0n) is 13.9. The van der Waals surface area contributed by atoms with Crippen LogP contribution in [0.25, 0.3) is 10.2 Å². The molecule has 3 aromatic rings. The van der Waals surface area contributed by atoms with Crippen LogP contribution in [-0.4, -0.2) is 28.2 Å². The second-order valence-electron chi connectivity index (χ2n) is 5.39. The summed E-state index contributed by atoms with van der Waals surface area (Å²) in [5, 5.41) is 0.667. The van der Waals surface area contributed by atoms with Crippen molar-refractivity contribution in [1.82, 2.24) is 4.57 Å². The summed E-state index contributed by atoms with van der Waals surface area (Å²) >= 11 is 10.6. The molecule has 136 valence electrons. The van der Waals surface area contributed by atoms with Gasteiger partial charge in [-0.2, -0.15) is 16.8 Å². The minimum absolute atomic E-state index is 0.211. The zero-order chi connectivity index (χ0) is 18.5. The lowest BCUT2D eigenvalue weighted by Crippen LogP contribution is -2.18. The third kappa shape index (κ3) is 4.91. The first kappa shape index (κ1) is 19.5. The van der Waals surface area contributed by atoms with E-state index in [1.165, 1.54) is 35.2 Å². The highest BCUT2D eigenvalue weighted by molar-refractivity contribution is 8.00. The van der Waals surface area contributed by atoms with E-state index in [1.807, 2.05) is 24.5 Å². The maximum Gasteiger partial charge on any atom is 0.258 e. The molecule has 26 heavy (non-hydrogen) atoms. The van der Waals surface area contributed by atoms with Crippen molar-refractivity contribution in [3.05, 3.63) is 58.1 Å². The quantitative estimate of drug-likeness (QED) is 0.515. The van der Waals surface area contributed by atoms with Gasteiger partial charge in [0, 0.05) is 22.2 Å². The van der Waals surface area contributed by atoms with E-state index in [4.69, 9.17) is 11.6 Å². The van der Waals surface area contributed by atoms with Crippen LogP contribution in [0, 0.1) is 5.82 Å². The van der Waals surface area contributed by atoms with Gasteiger partial charge in [0.2, 0.25) is 0 Å². The zero-order valence-corrected chi connectivity index (χ0v) is 17.2. The average Bonchev–Trinajstić information content (AvgIpc) is 2.95. The topological polar surface area (TPSA) is 34.4 Å². The second kappa shape index (κ2) is 9.08. The first-order valence-corrected chi connectivity index (χ1v) is 11.4. The Morgan fingerprint density at radius 1 is 1.27 bits per heavy atom. The number of thioether (sulfide) groups is 2. The number of aromatic nitrogens is 1. The first-order valence-electron chi connectivity index (χ1n) is 7.80. The van der Waals surface area contributed by atoms with E-state index < -0.39 is 0 Å². The third-order valence-corrected chi connectivity index (χ3v) is 6.42. The number of halogens is 2. The van der Waals surface area contributed by atoms with Crippen molar-refractivity contribution in [2.75, 3.05) is 17.8 Å². The first-order chi connectivity index (χ1) is 12.6. The molecule has 0 bridgehead atoms. The number of hydrogen-bond acceptors (Lipinski definition) is 4. The number of rotatable bonds is 6. The summed E-state index contributed by atoms with van der Waals surface area (Å²) in [6.07, 6.45) is 2.05. The SMILES string of the molecule is CSCCn1c(=NC(=O)CSc2ccc(F)cc2)sc2cc(Cl)ccc21. The molecule has 0 unspecified atom stereocenters. The van der Waals surface area contributed by atoms with Gasteiger partial charge in [0.05, 0.1) is 16.0 Å². The lowest BCUT2D eigenvalue weighted by molar-refractivity contribution is -0.115. The van der Waals surface area contributed by atoms with Crippen molar-refractivity contribution in [2.45, 2.75) is 11.4 Å². The number of thiazole rings is 1. The predicted molar refractivity (Wildman–Crippen MR) is 111 cm³/mol. The fourth-order valence-electron chi connectivity index (χ4n) is 2.35. The van der Waals surface area contributed by atoms with Gasteiger partial charge in [0.15, 0.2) is 4.80 Å². The Balaban J connectivity index is 1.84. The van der Waals surface area contributed by atoms with Crippen LogP contribution in [-0.2, 0) is 11.3 Å². The summed E-state index contributed by atoms with van der Waals surface area (Å²) in [4.78, 5) is 18.2. The molecule has 8 heteroatoms. The fourth-order valence-corrected chi connectivity index (χ4v) is 4.74. The second-order valence-corrected chi connectivity index (χ2v) is 8.87. The van der Waals surface area contributed by atoms with Crippen molar-refractivity contribution >= 4 is 62.6 Å². The molecule has 3 rings (SSSR count). The molecule has 1 aromatic heterocycles. The standard InChI is InChI=1S/C18H16ClFN2OS3/c1-24-9-8-22-15-7-2-12(19)10-16(15)26-18(22)21-17(23)11-25-14-5-3-13(20)4-6-14/h2-7,10H,8-9,11H2,1H3. The van der Waals surface area contributed by atoms with Gasteiger partial charge < -0.3 is 4.57 Å². The molecule has 0 saturated heterocycles. The normalized spacial score (nSPS) is 12.0. The maximum atomic E-state index is 12.9. The van der Waals surface area contributed by atoms with Crippen LogP contribution >= 0.6 is 46.5 Å². The minimum Gasteiger partial charge on any atom is -0.316 e. The molecule has 0 N–H and O–H groups in total. The van der Waals surface area contributed by atoms with Gasteiger partial charge in [-0.1, -0.05) is 22.9 Å². The summed E-state index contributed by atoms with van der Waals surface area (Å²) in [5.41, 5.74) is 1.03. The van der Waals surface area contributed by atoms with Crippen molar-refractivity contribution in [3.8, 4) is 0 Å². The minimum atomic E-state index is -0.288. The monoisotopic (exact) mass is 426 g/mol. The molecule has 0 radical (unpaired) electrons. The third-order valence-electron chi connectivity index (χ3n) is 3.56. The molecule has 1 heterocycles. The summed E-state index contributed by atoms with van der Waals surface area (Å²) < 4.78 is 16.0. The number of fused-ring (bicyclic) bond motifs is 1. The Labute approximate surface area is 168 Å². The van der Waals surface area contributed by atoms with Crippen LogP contribution < -0.4 is 4.80 Å². The average molecular weight is 427 g/mol. The Morgan fingerprint density at radius 3 is 2.77 bits per heavy atom. The van der Waals surface area contributed by atoms with Gasteiger partial charge in [-0.15, -0.1) is 11.8 Å². The largest absolute Gasteiger partial charge is 0.316 e. The number of nitrogens with zero attached hydrogens (tertiary/aromatic N) is 2. The van der Waals surface area contributed by atoms with E-state index in [0.29, 0.717) is 9.82 Å².